The molecule has 0 saturated carbocycles. The van der Waals surface area contributed by atoms with Crippen molar-refractivity contribution >= 4 is 23.1 Å². The van der Waals surface area contributed by atoms with Gasteiger partial charge in [-0.25, -0.2) is 0 Å². The van der Waals surface area contributed by atoms with Crippen molar-refractivity contribution in [2.75, 3.05) is 13.1 Å². The summed E-state index contributed by atoms with van der Waals surface area (Å²) in [5.41, 5.74) is 7.29. The summed E-state index contributed by atoms with van der Waals surface area (Å²) in [6.07, 6.45) is 1.07. The molecular weight excluding hydrogens is 268 g/mol. The predicted molar refractivity (Wildman–Crippen MR) is 85.8 cm³/mol. The zero-order valence-electron chi connectivity index (χ0n) is 12.3. The molecule has 3 nitrogen and oxygen atoms in total. The zero-order chi connectivity index (χ0) is 14.9. The quantitative estimate of drug-likeness (QED) is 0.852. The molecule has 1 fully saturated rings. The molecule has 0 bridgehead atoms. The number of carbonyl (C=O) groups is 1. The van der Waals surface area contributed by atoms with Crippen LogP contribution in [0.15, 0.2) is 24.3 Å². The topological polar surface area (TPSA) is 46.3 Å². The molecule has 0 aromatic heterocycles. The van der Waals surface area contributed by atoms with E-state index in [0.29, 0.717) is 16.5 Å². The van der Waals surface area contributed by atoms with Crippen molar-refractivity contribution < 1.29 is 4.79 Å². The van der Waals surface area contributed by atoms with Gasteiger partial charge in [-0.3, -0.25) is 4.79 Å². The Bertz CT molecular complexity index is 534. The van der Waals surface area contributed by atoms with Crippen molar-refractivity contribution in [3.8, 4) is 0 Å². The van der Waals surface area contributed by atoms with Crippen LogP contribution in [0.1, 0.15) is 43.1 Å². The second-order valence-corrected chi connectivity index (χ2v) is 6.99. The van der Waals surface area contributed by atoms with E-state index in [1.165, 1.54) is 0 Å². The molecule has 0 radical (unpaired) electrons. The fourth-order valence-electron chi connectivity index (χ4n) is 2.64. The van der Waals surface area contributed by atoms with E-state index in [9.17, 15) is 4.79 Å². The highest BCUT2D eigenvalue weighted by Crippen LogP contribution is 2.34. The number of hydrogen-bond acceptors (Lipinski definition) is 2. The van der Waals surface area contributed by atoms with E-state index in [1.54, 1.807) is 6.07 Å². The largest absolute Gasteiger partial charge is 0.389 e. The third-order valence-electron chi connectivity index (χ3n) is 4.09. The van der Waals surface area contributed by atoms with Gasteiger partial charge < -0.3 is 10.6 Å². The molecule has 108 valence electrons. The molecule has 1 unspecified atom stereocenters. The third kappa shape index (κ3) is 3.18. The molecule has 2 rings (SSSR count). The smallest absolute Gasteiger partial charge is 0.253 e. The maximum absolute atomic E-state index is 12.5. The SMILES string of the molecule is CC(C)(C)C1CCN(C(=O)c2cccc(C(N)=S)c2)C1. The molecule has 2 N–H and O–H groups in total. The lowest BCUT2D eigenvalue weighted by molar-refractivity contribution is 0.0776. The molecule has 1 heterocycles. The number of hydrogen-bond donors (Lipinski definition) is 1. The summed E-state index contributed by atoms with van der Waals surface area (Å²) in [6, 6.07) is 7.28. The Kier molecular flexibility index (Phi) is 4.14. The molecule has 1 aliphatic heterocycles. The lowest BCUT2D eigenvalue weighted by Crippen LogP contribution is -2.31. The van der Waals surface area contributed by atoms with Gasteiger partial charge in [-0.1, -0.05) is 45.1 Å². The van der Waals surface area contributed by atoms with Crippen LogP contribution in [0.4, 0.5) is 0 Å². The van der Waals surface area contributed by atoms with Gasteiger partial charge in [0.25, 0.3) is 5.91 Å². The number of nitrogens with zero attached hydrogens (tertiary/aromatic N) is 1. The summed E-state index contributed by atoms with van der Waals surface area (Å²) in [6.45, 7) is 8.37. The Labute approximate surface area is 126 Å². The van der Waals surface area contributed by atoms with Crippen LogP contribution >= 0.6 is 12.2 Å². The van der Waals surface area contributed by atoms with E-state index >= 15 is 0 Å². The van der Waals surface area contributed by atoms with Gasteiger partial charge in [-0.2, -0.15) is 0 Å². The first-order chi connectivity index (χ1) is 9.29. The van der Waals surface area contributed by atoms with E-state index in [-0.39, 0.29) is 11.3 Å². The predicted octanol–water partition coefficient (Wildman–Crippen LogP) is 2.83. The van der Waals surface area contributed by atoms with Crippen LogP contribution < -0.4 is 5.73 Å². The number of carbonyl (C=O) groups excluding carboxylic acids is 1. The second kappa shape index (κ2) is 5.52. The van der Waals surface area contributed by atoms with Gasteiger partial charge in [0.05, 0.1) is 0 Å². The molecule has 0 spiro atoms. The van der Waals surface area contributed by atoms with Gasteiger partial charge in [0.1, 0.15) is 4.99 Å². The fraction of sp³-hybridized carbons (Fsp3) is 0.500. The number of benzene rings is 1. The monoisotopic (exact) mass is 290 g/mol. The standard InChI is InChI=1S/C16H22N2OS/c1-16(2,3)13-7-8-18(10-13)15(19)12-6-4-5-11(9-12)14(17)20/h4-6,9,13H,7-8,10H2,1-3H3,(H2,17,20). The number of thiocarbonyl (C=S) groups is 1. The highest BCUT2D eigenvalue weighted by molar-refractivity contribution is 7.80. The molecule has 0 aliphatic carbocycles. The van der Waals surface area contributed by atoms with E-state index in [2.05, 4.69) is 20.8 Å². The van der Waals surface area contributed by atoms with Gasteiger partial charge in [-0.15, -0.1) is 0 Å². The normalized spacial score (nSPS) is 19.1. The summed E-state index contributed by atoms with van der Waals surface area (Å²) in [7, 11) is 0. The van der Waals surface area contributed by atoms with E-state index in [4.69, 9.17) is 18.0 Å². The van der Waals surface area contributed by atoms with Crippen molar-refractivity contribution in [3.63, 3.8) is 0 Å². The van der Waals surface area contributed by atoms with Crippen LogP contribution in [0.25, 0.3) is 0 Å². The molecule has 1 amide bonds. The minimum absolute atomic E-state index is 0.0786. The van der Waals surface area contributed by atoms with Crippen molar-refractivity contribution in [2.24, 2.45) is 17.1 Å². The van der Waals surface area contributed by atoms with Crippen LogP contribution in [-0.2, 0) is 0 Å². The lowest BCUT2D eigenvalue weighted by atomic mass is 9.80. The number of nitrogens with two attached hydrogens (primary N) is 1. The minimum Gasteiger partial charge on any atom is -0.389 e. The molecule has 1 saturated heterocycles. The molecule has 1 aromatic rings. The highest BCUT2D eigenvalue weighted by atomic mass is 32.1. The summed E-state index contributed by atoms with van der Waals surface area (Å²) >= 11 is 4.96. The van der Waals surface area contributed by atoms with Crippen molar-refractivity contribution in [1.29, 1.82) is 0 Å². The highest BCUT2D eigenvalue weighted by Gasteiger charge is 2.34. The zero-order valence-corrected chi connectivity index (χ0v) is 13.2. The Hall–Kier alpha value is -1.42. The summed E-state index contributed by atoms with van der Waals surface area (Å²) in [5, 5.41) is 0. The third-order valence-corrected chi connectivity index (χ3v) is 4.33. The molecule has 1 aromatic carbocycles. The first kappa shape index (κ1) is 15.0. The maximum Gasteiger partial charge on any atom is 0.253 e. The van der Waals surface area contributed by atoms with Gasteiger partial charge in [-0.05, 0) is 29.9 Å². The molecule has 1 atom stereocenters. The number of rotatable bonds is 2. The second-order valence-electron chi connectivity index (χ2n) is 6.55. The van der Waals surface area contributed by atoms with Crippen LogP contribution in [0.2, 0.25) is 0 Å². The van der Waals surface area contributed by atoms with Crippen LogP contribution in [0.5, 0.6) is 0 Å². The van der Waals surface area contributed by atoms with Gasteiger partial charge in [0.15, 0.2) is 0 Å². The van der Waals surface area contributed by atoms with Crippen molar-refractivity contribution in [1.82, 2.24) is 4.90 Å². The van der Waals surface area contributed by atoms with Gasteiger partial charge >= 0.3 is 0 Å². The van der Waals surface area contributed by atoms with E-state index in [1.807, 2.05) is 23.1 Å². The van der Waals surface area contributed by atoms with Gasteiger partial charge in [0.2, 0.25) is 0 Å². The van der Waals surface area contributed by atoms with Crippen molar-refractivity contribution in [3.05, 3.63) is 35.4 Å². The van der Waals surface area contributed by atoms with E-state index in [0.717, 1.165) is 25.1 Å². The first-order valence-corrected chi connectivity index (χ1v) is 7.39. The molecule has 20 heavy (non-hydrogen) atoms. The average Bonchev–Trinajstić information content (AvgIpc) is 2.87. The fourth-order valence-corrected chi connectivity index (χ4v) is 2.77. The molecular formula is C16H22N2OS. The minimum atomic E-state index is 0.0786. The van der Waals surface area contributed by atoms with Crippen molar-refractivity contribution in [2.45, 2.75) is 27.2 Å². The summed E-state index contributed by atoms with van der Waals surface area (Å²) < 4.78 is 0. The lowest BCUT2D eigenvalue weighted by Gasteiger charge is -2.27. The van der Waals surface area contributed by atoms with Crippen LogP contribution in [0, 0.1) is 11.3 Å². The summed E-state index contributed by atoms with van der Waals surface area (Å²) in [4.78, 5) is 14.8. The summed E-state index contributed by atoms with van der Waals surface area (Å²) in [5.74, 6) is 0.639. The van der Waals surface area contributed by atoms with Gasteiger partial charge in [0, 0.05) is 24.2 Å². The molecule has 1 aliphatic rings. The number of amides is 1. The molecule has 4 heteroatoms. The first-order valence-electron chi connectivity index (χ1n) is 6.98. The Balaban J connectivity index is 2.13. The van der Waals surface area contributed by atoms with E-state index < -0.39 is 0 Å². The Morgan fingerprint density at radius 3 is 2.55 bits per heavy atom. The van der Waals surface area contributed by atoms with Crippen LogP contribution in [0.3, 0.4) is 0 Å². The Morgan fingerprint density at radius 1 is 1.35 bits per heavy atom. The maximum atomic E-state index is 12.5. The average molecular weight is 290 g/mol. The number of likely N-dealkylation sites (tertiary alicyclic amines) is 1. The Morgan fingerprint density at radius 2 is 2.00 bits per heavy atom. The van der Waals surface area contributed by atoms with Crippen LogP contribution in [-0.4, -0.2) is 28.9 Å².